The second-order valence-electron chi connectivity index (χ2n) is 5.92. The van der Waals surface area contributed by atoms with E-state index >= 15 is 0 Å². The van der Waals surface area contributed by atoms with Gasteiger partial charge in [-0.2, -0.15) is 4.31 Å². The highest BCUT2D eigenvalue weighted by Gasteiger charge is 2.27. The zero-order valence-corrected chi connectivity index (χ0v) is 16.1. The number of ether oxygens (including phenoxy) is 1. The number of anilines is 2. The number of methoxy groups -OCH3 is 1. The first-order chi connectivity index (χ1) is 12.5. The van der Waals surface area contributed by atoms with Crippen molar-refractivity contribution in [2.45, 2.75) is 17.7 Å². The molecule has 1 heterocycles. The molecular weight excluding hydrogens is 370 g/mol. The van der Waals surface area contributed by atoms with Gasteiger partial charge in [0.15, 0.2) is 5.11 Å². The van der Waals surface area contributed by atoms with E-state index in [1.807, 2.05) is 30.3 Å². The van der Waals surface area contributed by atoms with E-state index < -0.39 is 10.0 Å². The molecule has 0 amide bonds. The molecule has 2 aromatic rings. The summed E-state index contributed by atoms with van der Waals surface area (Å²) in [6, 6.07) is 14.2. The molecule has 1 saturated heterocycles. The molecular formula is C18H21N3O3S2. The maximum absolute atomic E-state index is 12.8. The van der Waals surface area contributed by atoms with Gasteiger partial charge >= 0.3 is 0 Å². The van der Waals surface area contributed by atoms with Crippen molar-refractivity contribution in [3.05, 3.63) is 48.5 Å². The minimum Gasteiger partial charge on any atom is -0.495 e. The summed E-state index contributed by atoms with van der Waals surface area (Å²) >= 11 is 5.33. The maximum atomic E-state index is 12.8. The highest BCUT2D eigenvalue weighted by atomic mass is 32.2. The Morgan fingerprint density at radius 2 is 1.77 bits per heavy atom. The van der Waals surface area contributed by atoms with E-state index in [2.05, 4.69) is 10.6 Å². The van der Waals surface area contributed by atoms with Crippen LogP contribution in [0.5, 0.6) is 5.75 Å². The Labute approximate surface area is 159 Å². The molecule has 0 unspecified atom stereocenters. The summed E-state index contributed by atoms with van der Waals surface area (Å²) in [6.45, 7) is 1.12. The first-order valence-corrected chi connectivity index (χ1v) is 10.2. The third-order valence-electron chi connectivity index (χ3n) is 4.15. The molecule has 0 atom stereocenters. The largest absolute Gasteiger partial charge is 0.495 e. The predicted octanol–water partition coefficient (Wildman–Crippen LogP) is 3.29. The zero-order chi connectivity index (χ0) is 18.6. The van der Waals surface area contributed by atoms with Gasteiger partial charge in [-0.1, -0.05) is 18.2 Å². The maximum Gasteiger partial charge on any atom is 0.243 e. The second-order valence-corrected chi connectivity index (χ2v) is 8.26. The number of benzene rings is 2. The Morgan fingerprint density at radius 3 is 2.42 bits per heavy atom. The number of nitrogens with zero attached hydrogens (tertiary/aromatic N) is 1. The Hall–Kier alpha value is -2.16. The molecule has 0 bridgehead atoms. The minimum atomic E-state index is -3.51. The molecule has 1 fully saturated rings. The van der Waals surface area contributed by atoms with Gasteiger partial charge in [-0.25, -0.2) is 8.42 Å². The first-order valence-electron chi connectivity index (χ1n) is 8.32. The van der Waals surface area contributed by atoms with Crippen molar-refractivity contribution < 1.29 is 13.2 Å². The summed E-state index contributed by atoms with van der Waals surface area (Å²) in [5.41, 5.74) is 1.34. The molecule has 8 heteroatoms. The van der Waals surface area contributed by atoms with Crippen LogP contribution in [-0.4, -0.2) is 38.0 Å². The average molecular weight is 392 g/mol. The third-order valence-corrected chi connectivity index (χ3v) is 6.25. The predicted molar refractivity (Wildman–Crippen MR) is 107 cm³/mol. The summed E-state index contributed by atoms with van der Waals surface area (Å²) in [6.07, 6.45) is 1.79. The highest BCUT2D eigenvalue weighted by Crippen LogP contribution is 2.30. The molecule has 1 aliphatic rings. The van der Waals surface area contributed by atoms with Crippen molar-refractivity contribution in [1.29, 1.82) is 0 Å². The smallest absolute Gasteiger partial charge is 0.243 e. The lowest BCUT2D eigenvalue weighted by Crippen LogP contribution is -2.28. The minimum absolute atomic E-state index is 0.227. The van der Waals surface area contributed by atoms with E-state index in [-0.39, 0.29) is 4.90 Å². The molecule has 0 radical (unpaired) electrons. The third kappa shape index (κ3) is 4.14. The lowest BCUT2D eigenvalue weighted by Gasteiger charge is -2.18. The van der Waals surface area contributed by atoms with Gasteiger partial charge < -0.3 is 15.4 Å². The number of rotatable bonds is 5. The van der Waals surface area contributed by atoms with Gasteiger partial charge in [-0.05, 0) is 55.4 Å². The second kappa shape index (κ2) is 8.03. The van der Waals surface area contributed by atoms with Crippen LogP contribution in [0.15, 0.2) is 53.4 Å². The van der Waals surface area contributed by atoms with Crippen LogP contribution in [0, 0.1) is 0 Å². The highest BCUT2D eigenvalue weighted by molar-refractivity contribution is 7.89. The SMILES string of the molecule is COc1ccc(S(=O)(=O)N2CCCC2)cc1NC(=S)Nc1ccccc1. The average Bonchev–Trinajstić information content (AvgIpc) is 3.18. The fourth-order valence-electron chi connectivity index (χ4n) is 2.83. The van der Waals surface area contributed by atoms with E-state index in [1.165, 1.54) is 11.4 Å². The van der Waals surface area contributed by atoms with Gasteiger partial charge in [0.2, 0.25) is 10.0 Å². The van der Waals surface area contributed by atoms with E-state index in [9.17, 15) is 8.42 Å². The standard InChI is InChI=1S/C18H21N3O3S2/c1-24-17-10-9-15(26(22,23)21-11-5-6-12-21)13-16(17)20-18(25)19-14-7-3-2-4-8-14/h2-4,7-10,13H,5-6,11-12H2,1H3,(H2,19,20,25). The normalized spacial score (nSPS) is 14.8. The van der Waals surface area contributed by atoms with E-state index in [0.29, 0.717) is 29.6 Å². The van der Waals surface area contributed by atoms with Gasteiger partial charge in [0.1, 0.15) is 5.75 Å². The van der Waals surface area contributed by atoms with Crippen molar-refractivity contribution in [3.63, 3.8) is 0 Å². The topological polar surface area (TPSA) is 70.7 Å². The number of hydrogen-bond donors (Lipinski definition) is 2. The van der Waals surface area contributed by atoms with E-state index in [0.717, 1.165) is 18.5 Å². The first kappa shape index (κ1) is 18.6. The Kier molecular flexibility index (Phi) is 5.75. The number of nitrogens with one attached hydrogen (secondary N) is 2. The molecule has 3 rings (SSSR count). The molecule has 138 valence electrons. The summed E-state index contributed by atoms with van der Waals surface area (Å²) in [7, 11) is -1.98. The molecule has 0 aromatic heterocycles. The van der Waals surface area contributed by atoms with Crippen LogP contribution in [0.1, 0.15) is 12.8 Å². The lowest BCUT2D eigenvalue weighted by molar-refractivity contribution is 0.416. The molecule has 0 saturated carbocycles. The van der Waals surface area contributed by atoms with Gasteiger partial charge in [0, 0.05) is 18.8 Å². The van der Waals surface area contributed by atoms with Crippen LogP contribution < -0.4 is 15.4 Å². The summed E-state index contributed by atoms with van der Waals surface area (Å²) in [5, 5.41) is 6.44. The Morgan fingerprint density at radius 1 is 1.08 bits per heavy atom. The van der Waals surface area contributed by atoms with Crippen LogP contribution in [-0.2, 0) is 10.0 Å². The lowest BCUT2D eigenvalue weighted by atomic mass is 10.3. The van der Waals surface area contributed by atoms with E-state index in [1.54, 1.807) is 18.2 Å². The molecule has 0 spiro atoms. The number of sulfonamides is 1. The summed E-state index contributed by atoms with van der Waals surface area (Å²) in [4.78, 5) is 0.227. The quantitative estimate of drug-likeness (QED) is 0.762. The number of thiocarbonyl (C=S) groups is 1. The van der Waals surface area contributed by atoms with Crippen molar-refractivity contribution in [1.82, 2.24) is 4.31 Å². The molecule has 1 aliphatic heterocycles. The molecule has 0 aliphatic carbocycles. The van der Waals surface area contributed by atoms with Gasteiger partial charge in [-0.15, -0.1) is 0 Å². The zero-order valence-electron chi connectivity index (χ0n) is 14.4. The van der Waals surface area contributed by atoms with Crippen molar-refractivity contribution in [3.8, 4) is 5.75 Å². The molecule has 2 N–H and O–H groups in total. The Balaban J connectivity index is 1.82. The van der Waals surface area contributed by atoms with Gasteiger partial charge in [0.25, 0.3) is 0 Å². The fraction of sp³-hybridized carbons (Fsp3) is 0.278. The van der Waals surface area contributed by atoms with Crippen molar-refractivity contribution in [2.75, 3.05) is 30.8 Å². The summed E-state index contributed by atoms with van der Waals surface area (Å²) in [5.74, 6) is 0.516. The molecule has 2 aromatic carbocycles. The van der Waals surface area contributed by atoms with Crippen LogP contribution in [0.25, 0.3) is 0 Å². The van der Waals surface area contributed by atoms with Crippen molar-refractivity contribution >= 4 is 38.7 Å². The van der Waals surface area contributed by atoms with Crippen molar-refractivity contribution in [2.24, 2.45) is 0 Å². The fourth-order valence-corrected chi connectivity index (χ4v) is 4.60. The Bertz CT molecular complexity index is 880. The summed E-state index contributed by atoms with van der Waals surface area (Å²) < 4.78 is 32.4. The van der Waals surface area contributed by atoms with Gasteiger partial charge in [0.05, 0.1) is 17.7 Å². The van der Waals surface area contributed by atoms with Crippen LogP contribution in [0.3, 0.4) is 0 Å². The van der Waals surface area contributed by atoms with Crippen LogP contribution in [0.4, 0.5) is 11.4 Å². The number of para-hydroxylation sites is 1. The van der Waals surface area contributed by atoms with Crippen LogP contribution in [0.2, 0.25) is 0 Å². The van der Waals surface area contributed by atoms with Crippen LogP contribution >= 0.6 is 12.2 Å². The van der Waals surface area contributed by atoms with E-state index in [4.69, 9.17) is 17.0 Å². The van der Waals surface area contributed by atoms with Gasteiger partial charge in [-0.3, -0.25) is 0 Å². The molecule has 26 heavy (non-hydrogen) atoms. The monoisotopic (exact) mass is 391 g/mol. The molecule has 6 nitrogen and oxygen atoms in total. The number of hydrogen-bond acceptors (Lipinski definition) is 4.